The van der Waals surface area contributed by atoms with Crippen molar-refractivity contribution >= 4 is 21.8 Å². The van der Waals surface area contributed by atoms with Crippen molar-refractivity contribution < 1.29 is 13.9 Å². The molecule has 0 N–H and O–H groups in total. The molecule has 1 aliphatic rings. The van der Waals surface area contributed by atoms with Crippen LogP contribution < -0.4 is 0 Å². The Morgan fingerprint density at radius 3 is 2.95 bits per heavy atom. The number of carbonyl (C=O) groups is 1. The Labute approximate surface area is 139 Å². The van der Waals surface area contributed by atoms with Crippen molar-refractivity contribution in [2.45, 2.75) is 32.5 Å². The van der Waals surface area contributed by atoms with Crippen molar-refractivity contribution in [3.05, 3.63) is 34.1 Å². The van der Waals surface area contributed by atoms with Crippen molar-refractivity contribution in [2.75, 3.05) is 26.7 Å². The van der Waals surface area contributed by atoms with E-state index < -0.39 is 6.10 Å². The SMILES string of the molecule is CC(C)N1CCOC(C(=O)N(C)Cc2cc(Br)ccc2F)C1. The van der Waals surface area contributed by atoms with Gasteiger partial charge in [-0.05, 0) is 32.0 Å². The second-order valence-electron chi connectivity index (χ2n) is 5.88. The van der Waals surface area contributed by atoms with Crippen LogP contribution >= 0.6 is 15.9 Å². The van der Waals surface area contributed by atoms with E-state index in [1.165, 1.54) is 11.0 Å². The lowest BCUT2D eigenvalue weighted by molar-refractivity contribution is -0.149. The average Bonchev–Trinajstić information content (AvgIpc) is 2.50. The maximum atomic E-state index is 13.8. The van der Waals surface area contributed by atoms with Crippen LogP contribution in [0.3, 0.4) is 0 Å². The van der Waals surface area contributed by atoms with Gasteiger partial charge in [0.05, 0.1) is 6.61 Å². The van der Waals surface area contributed by atoms with E-state index in [-0.39, 0.29) is 18.3 Å². The van der Waals surface area contributed by atoms with Gasteiger partial charge in [0.2, 0.25) is 0 Å². The second-order valence-corrected chi connectivity index (χ2v) is 6.79. The third-order valence-corrected chi connectivity index (χ3v) is 4.39. The predicted molar refractivity (Wildman–Crippen MR) is 87.0 cm³/mol. The van der Waals surface area contributed by atoms with E-state index in [9.17, 15) is 9.18 Å². The fourth-order valence-electron chi connectivity index (χ4n) is 2.53. The summed E-state index contributed by atoms with van der Waals surface area (Å²) >= 11 is 3.32. The van der Waals surface area contributed by atoms with Crippen molar-refractivity contribution in [1.82, 2.24) is 9.80 Å². The molecule has 0 radical (unpaired) electrons. The molecule has 0 aliphatic carbocycles. The van der Waals surface area contributed by atoms with Crippen molar-refractivity contribution in [3.8, 4) is 0 Å². The number of carbonyl (C=O) groups excluding carboxylic acids is 1. The highest BCUT2D eigenvalue weighted by atomic mass is 79.9. The van der Waals surface area contributed by atoms with Gasteiger partial charge >= 0.3 is 0 Å². The largest absolute Gasteiger partial charge is 0.366 e. The third-order valence-electron chi connectivity index (χ3n) is 3.90. The number of likely N-dealkylation sites (N-methyl/N-ethyl adjacent to an activating group) is 1. The molecule has 6 heteroatoms. The van der Waals surface area contributed by atoms with Gasteiger partial charge < -0.3 is 9.64 Å². The Balaban J connectivity index is 2.01. The van der Waals surface area contributed by atoms with Crippen LogP contribution in [0.25, 0.3) is 0 Å². The normalized spacial score (nSPS) is 19.5. The van der Waals surface area contributed by atoms with Crippen molar-refractivity contribution in [2.24, 2.45) is 0 Å². The van der Waals surface area contributed by atoms with E-state index in [0.717, 1.165) is 11.0 Å². The molecule has 1 aliphatic heterocycles. The van der Waals surface area contributed by atoms with E-state index in [4.69, 9.17) is 4.74 Å². The molecule has 0 bridgehead atoms. The molecule has 1 amide bonds. The standard InChI is InChI=1S/C16H22BrFN2O2/c1-11(2)20-6-7-22-15(10-20)16(21)19(3)9-12-8-13(17)4-5-14(12)18/h4-5,8,11,15H,6-7,9-10H2,1-3H3. The minimum atomic E-state index is -0.476. The number of nitrogens with zero attached hydrogens (tertiary/aromatic N) is 2. The Kier molecular flexibility index (Phi) is 5.94. The molecular weight excluding hydrogens is 351 g/mol. The first-order valence-corrected chi connectivity index (χ1v) is 8.22. The van der Waals surface area contributed by atoms with Crippen LogP contribution in [0, 0.1) is 5.82 Å². The summed E-state index contributed by atoms with van der Waals surface area (Å²) in [5, 5.41) is 0. The van der Waals surface area contributed by atoms with Crippen LogP contribution in [-0.2, 0) is 16.1 Å². The minimum Gasteiger partial charge on any atom is -0.366 e. The van der Waals surface area contributed by atoms with Crippen LogP contribution in [0.15, 0.2) is 22.7 Å². The van der Waals surface area contributed by atoms with Gasteiger partial charge in [0.15, 0.2) is 0 Å². The first kappa shape index (κ1) is 17.4. The zero-order valence-corrected chi connectivity index (χ0v) is 14.8. The third kappa shape index (κ3) is 4.27. The zero-order chi connectivity index (χ0) is 16.3. The monoisotopic (exact) mass is 372 g/mol. The molecule has 1 fully saturated rings. The molecule has 0 spiro atoms. The lowest BCUT2D eigenvalue weighted by Gasteiger charge is -2.36. The van der Waals surface area contributed by atoms with E-state index in [2.05, 4.69) is 34.7 Å². The topological polar surface area (TPSA) is 32.8 Å². The molecule has 0 saturated carbocycles. The molecule has 1 atom stereocenters. The van der Waals surface area contributed by atoms with Gasteiger partial charge in [-0.3, -0.25) is 9.69 Å². The van der Waals surface area contributed by atoms with Gasteiger partial charge in [0.25, 0.3) is 5.91 Å². The smallest absolute Gasteiger partial charge is 0.253 e. The average molecular weight is 373 g/mol. The van der Waals surface area contributed by atoms with Crippen LogP contribution in [0.1, 0.15) is 19.4 Å². The van der Waals surface area contributed by atoms with Gasteiger partial charge in [0, 0.05) is 42.8 Å². The van der Waals surface area contributed by atoms with E-state index in [0.29, 0.717) is 24.8 Å². The predicted octanol–water partition coefficient (Wildman–Crippen LogP) is 2.66. The molecule has 4 nitrogen and oxygen atoms in total. The highest BCUT2D eigenvalue weighted by Gasteiger charge is 2.30. The maximum absolute atomic E-state index is 13.8. The lowest BCUT2D eigenvalue weighted by Crippen LogP contribution is -2.51. The highest BCUT2D eigenvalue weighted by Crippen LogP contribution is 2.18. The summed E-state index contributed by atoms with van der Waals surface area (Å²) in [4.78, 5) is 16.3. The number of rotatable bonds is 4. The molecular formula is C16H22BrFN2O2. The van der Waals surface area contributed by atoms with Crippen molar-refractivity contribution in [3.63, 3.8) is 0 Å². The summed E-state index contributed by atoms with van der Waals surface area (Å²) < 4.78 is 20.2. The van der Waals surface area contributed by atoms with Gasteiger partial charge in [-0.15, -0.1) is 0 Å². The maximum Gasteiger partial charge on any atom is 0.253 e. The second kappa shape index (κ2) is 7.53. The number of benzene rings is 1. The number of hydrogen-bond acceptors (Lipinski definition) is 3. The Bertz CT molecular complexity index is 539. The minimum absolute atomic E-state index is 0.107. The van der Waals surface area contributed by atoms with Gasteiger partial charge in [0.1, 0.15) is 11.9 Å². The molecule has 1 saturated heterocycles. The Morgan fingerprint density at radius 1 is 1.55 bits per heavy atom. The molecule has 1 heterocycles. The van der Waals surface area contributed by atoms with Crippen LogP contribution in [0.4, 0.5) is 4.39 Å². The fourth-order valence-corrected chi connectivity index (χ4v) is 2.94. The van der Waals surface area contributed by atoms with Crippen LogP contribution in [-0.4, -0.2) is 54.6 Å². The molecule has 2 rings (SSSR count). The lowest BCUT2D eigenvalue weighted by atomic mass is 10.1. The molecule has 22 heavy (non-hydrogen) atoms. The first-order valence-electron chi connectivity index (χ1n) is 7.43. The number of ether oxygens (including phenoxy) is 1. The summed E-state index contributed by atoms with van der Waals surface area (Å²) in [7, 11) is 1.68. The van der Waals surface area contributed by atoms with E-state index >= 15 is 0 Å². The number of hydrogen-bond donors (Lipinski definition) is 0. The zero-order valence-electron chi connectivity index (χ0n) is 13.2. The highest BCUT2D eigenvalue weighted by molar-refractivity contribution is 9.10. The van der Waals surface area contributed by atoms with E-state index in [1.807, 2.05) is 0 Å². The summed E-state index contributed by atoms with van der Waals surface area (Å²) in [6.45, 7) is 6.41. The van der Waals surface area contributed by atoms with Crippen LogP contribution in [0.5, 0.6) is 0 Å². The Morgan fingerprint density at radius 2 is 2.27 bits per heavy atom. The van der Waals surface area contributed by atoms with Gasteiger partial charge in [-0.25, -0.2) is 4.39 Å². The first-order chi connectivity index (χ1) is 10.4. The number of morpholine rings is 1. The summed E-state index contributed by atoms with van der Waals surface area (Å²) in [6.07, 6.45) is -0.476. The van der Waals surface area contributed by atoms with Gasteiger partial charge in [-0.1, -0.05) is 15.9 Å². The number of halogens is 2. The molecule has 0 aromatic heterocycles. The summed E-state index contributed by atoms with van der Waals surface area (Å²) in [5.41, 5.74) is 0.488. The fraction of sp³-hybridized carbons (Fsp3) is 0.562. The van der Waals surface area contributed by atoms with Crippen LogP contribution in [0.2, 0.25) is 0 Å². The molecule has 1 aromatic rings. The van der Waals surface area contributed by atoms with E-state index in [1.54, 1.807) is 19.2 Å². The number of amides is 1. The van der Waals surface area contributed by atoms with Crippen molar-refractivity contribution in [1.29, 1.82) is 0 Å². The summed E-state index contributed by atoms with van der Waals surface area (Å²) in [5.74, 6) is -0.416. The molecule has 1 aromatic carbocycles. The Hall–Kier alpha value is -0.980. The summed E-state index contributed by atoms with van der Waals surface area (Å²) in [6, 6.07) is 5.12. The quantitative estimate of drug-likeness (QED) is 0.814. The molecule has 122 valence electrons. The van der Waals surface area contributed by atoms with Gasteiger partial charge in [-0.2, -0.15) is 0 Å². The molecule has 1 unspecified atom stereocenters.